The van der Waals surface area contributed by atoms with Crippen LogP contribution in [0.1, 0.15) is 27.7 Å². The maximum Gasteiger partial charge on any atom is -1.00 e. The van der Waals surface area contributed by atoms with E-state index in [1.807, 2.05) is 0 Å². The van der Waals surface area contributed by atoms with E-state index in [4.69, 9.17) is 0 Å². The molecule has 0 saturated heterocycles. The van der Waals surface area contributed by atoms with Gasteiger partial charge in [-0.25, -0.2) is 0 Å². The average Bonchev–Trinajstić information content (AvgIpc) is 1.95. The van der Waals surface area contributed by atoms with Crippen molar-refractivity contribution in [2.45, 2.75) is 30.8 Å². The fourth-order valence-corrected chi connectivity index (χ4v) is 2.33. The maximum absolute atomic E-state index is 2.38. The third-order valence-corrected chi connectivity index (χ3v) is 3.71. The van der Waals surface area contributed by atoms with Crippen LogP contribution in [0.4, 0.5) is 0 Å². The van der Waals surface area contributed by atoms with Crippen molar-refractivity contribution in [3.8, 4) is 0 Å². The normalized spacial score (nSPS) is 25.5. The molecule has 0 bridgehead atoms. The molecule has 0 aliphatic heterocycles. The van der Waals surface area contributed by atoms with Gasteiger partial charge in [-0.1, -0.05) is 0 Å². The quantitative estimate of drug-likeness (QED) is 0.417. The first-order valence-electron chi connectivity index (χ1n) is 3.58. The van der Waals surface area contributed by atoms with Crippen molar-refractivity contribution < 1.29 is 61.9 Å². The Kier molecular flexibility index (Phi) is 10.1. The molecule has 4 heteroatoms. The Labute approximate surface area is 115 Å². The molecule has 13 heavy (non-hydrogen) atoms. The fourth-order valence-electron chi connectivity index (χ4n) is 1.33. The van der Waals surface area contributed by atoms with Gasteiger partial charge < -0.3 is 37.2 Å². The molecule has 0 heterocycles. The SMILES string of the molecule is CC1=C[C](C)([Zr+3])C(C)=C1C.[Cl-].[Cl-].[Cl-]. The standard InChI is InChI=1S/C9H13.3ClH.Zr/c1-6-5-7(2)9(4)8(6)3;;;;/h5H,1-4H3;3*1H;/q;;;;+3/p-3. The van der Waals surface area contributed by atoms with E-state index in [9.17, 15) is 0 Å². The molecule has 1 unspecified atom stereocenters. The topological polar surface area (TPSA) is 0 Å². The molecule has 0 aromatic carbocycles. The van der Waals surface area contributed by atoms with Gasteiger partial charge in [0.15, 0.2) is 0 Å². The molecule has 0 fully saturated rings. The van der Waals surface area contributed by atoms with Gasteiger partial charge in [0.2, 0.25) is 0 Å². The van der Waals surface area contributed by atoms with Crippen LogP contribution in [-0.2, 0) is 24.7 Å². The van der Waals surface area contributed by atoms with Gasteiger partial charge in [-0.05, 0) is 0 Å². The molecule has 0 saturated carbocycles. The average molecular weight is 319 g/mol. The first-order chi connectivity index (χ1) is 4.45. The fraction of sp³-hybridized carbons (Fsp3) is 0.556. The summed E-state index contributed by atoms with van der Waals surface area (Å²) in [6, 6.07) is 0. The summed E-state index contributed by atoms with van der Waals surface area (Å²) < 4.78 is 0.404. The summed E-state index contributed by atoms with van der Waals surface area (Å²) in [4.78, 5) is 0. The summed E-state index contributed by atoms with van der Waals surface area (Å²) in [6.45, 7) is 8.97. The molecule has 0 radical (unpaired) electrons. The van der Waals surface area contributed by atoms with Crippen molar-refractivity contribution in [3.63, 3.8) is 0 Å². The van der Waals surface area contributed by atoms with E-state index in [0.717, 1.165) is 0 Å². The molecule has 1 aliphatic rings. The zero-order chi connectivity index (χ0) is 7.94. The van der Waals surface area contributed by atoms with E-state index in [1.165, 1.54) is 11.1 Å². The van der Waals surface area contributed by atoms with Gasteiger partial charge in [-0.15, -0.1) is 0 Å². The molecule has 0 spiro atoms. The first-order valence-corrected chi connectivity index (χ1v) is 4.81. The number of halogens is 3. The Morgan fingerprint density at radius 1 is 1.08 bits per heavy atom. The molecule has 0 nitrogen and oxygen atoms in total. The van der Waals surface area contributed by atoms with Gasteiger partial charge in [-0.2, -0.15) is 0 Å². The molecule has 74 valence electrons. The van der Waals surface area contributed by atoms with Crippen LogP contribution < -0.4 is 37.2 Å². The Bertz CT molecular complexity index is 229. The molecule has 1 atom stereocenters. The van der Waals surface area contributed by atoms with Crippen molar-refractivity contribution in [1.82, 2.24) is 0 Å². The Hall–Kier alpha value is 1.23. The third-order valence-electron chi connectivity index (χ3n) is 2.44. The van der Waals surface area contributed by atoms with Crippen molar-refractivity contribution in [2.24, 2.45) is 0 Å². The largest absolute Gasteiger partial charge is 1.00 e. The van der Waals surface area contributed by atoms with Gasteiger partial charge in [-0.3, -0.25) is 0 Å². The zero-order valence-electron chi connectivity index (χ0n) is 8.21. The summed E-state index contributed by atoms with van der Waals surface area (Å²) in [5, 5.41) is 0. The Morgan fingerprint density at radius 2 is 1.46 bits per heavy atom. The van der Waals surface area contributed by atoms with Gasteiger partial charge in [0.1, 0.15) is 0 Å². The molecule has 0 amide bonds. The van der Waals surface area contributed by atoms with Crippen LogP contribution in [0.5, 0.6) is 0 Å². The molecular weight excluding hydrogens is 306 g/mol. The van der Waals surface area contributed by atoms with Gasteiger partial charge in [0.05, 0.1) is 0 Å². The van der Waals surface area contributed by atoms with Crippen LogP contribution in [0.15, 0.2) is 22.8 Å². The summed E-state index contributed by atoms with van der Waals surface area (Å²) >= 11 is 1.60. The van der Waals surface area contributed by atoms with Crippen molar-refractivity contribution in [3.05, 3.63) is 22.8 Å². The number of hydrogen-bond donors (Lipinski definition) is 0. The van der Waals surface area contributed by atoms with Crippen LogP contribution in [0, 0.1) is 0 Å². The molecule has 0 aromatic heterocycles. The Morgan fingerprint density at radius 3 is 1.54 bits per heavy atom. The van der Waals surface area contributed by atoms with E-state index >= 15 is 0 Å². The van der Waals surface area contributed by atoms with Crippen LogP contribution in [0.25, 0.3) is 0 Å². The number of hydrogen-bond acceptors (Lipinski definition) is 0. The zero-order valence-corrected chi connectivity index (χ0v) is 12.9. The van der Waals surface area contributed by atoms with E-state index in [-0.39, 0.29) is 37.2 Å². The predicted octanol–water partition coefficient (Wildman–Crippen LogP) is -5.98. The monoisotopic (exact) mass is 316 g/mol. The van der Waals surface area contributed by atoms with Crippen LogP contribution >= 0.6 is 0 Å². The summed E-state index contributed by atoms with van der Waals surface area (Å²) in [5.41, 5.74) is 4.53. The van der Waals surface area contributed by atoms with Crippen LogP contribution in [0.2, 0.25) is 3.12 Å². The van der Waals surface area contributed by atoms with E-state index in [0.29, 0.717) is 3.12 Å². The smallest absolute Gasteiger partial charge is 1.00 e. The number of allylic oxidation sites excluding steroid dienone is 4. The van der Waals surface area contributed by atoms with Crippen molar-refractivity contribution in [1.29, 1.82) is 0 Å². The minimum Gasteiger partial charge on any atom is -1.00 e. The molecule has 0 N–H and O–H groups in total. The minimum atomic E-state index is 0. The van der Waals surface area contributed by atoms with Crippen LogP contribution in [0.3, 0.4) is 0 Å². The third kappa shape index (κ3) is 4.08. The summed E-state index contributed by atoms with van der Waals surface area (Å²) in [7, 11) is 0. The molecule has 1 aliphatic carbocycles. The first kappa shape index (κ1) is 19.8. The summed E-state index contributed by atoms with van der Waals surface area (Å²) in [5.74, 6) is 0. The van der Waals surface area contributed by atoms with Crippen molar-refractivity contribution >= 4 is 0 Å². The second kappa shape index (κ2) is 6.67. The second-order valence-corrected chi connectivity index (χ2v) is 5.83. The van der Waals surface area contributed by atoms with E-state index < -0.39 is 0 Å². The number of rotatable bonds is 0. The predicted molar refractivity (Wildman–Crippen MR) is 40.5 cm³/mol. The Balaban J connectivity index is -0.000000333. The van der Waals surface area contributed by atoms with E-state index in [1.54, 1.807) is 30.3 Å². The van der Waals surface area contributed by atoms with Gasteiger partial charge in [0, 0.05) is 0 Å². The second-order valence-electron chi connectivity index (χ2n) is 3.28. The maximum atomic E-state index is 2.38. The minimum absolute atomic E-state index is 0. The molecule has 1 rings (SSSR count). The van der Waals surface area contributed by atoms with Gasteiger partial charge in [0.25, 0.3) is 0 Å². The van der Waals surface area contributed by atoms with E-state index in [2.05, 4.69) is 33.8 Å². The van der Waals surface area contributed by atoms with Gasteiger partial charge >= 0.3 is 78.3 Å². The molecule has 0 aromatic rings. The van der Waals surface area contributed by atoms with Crippen LogP contribution in [-0.4, -0.2) is 0 Å². The molecular formula is C9H13Cl3Zr. The summed E-state index contributed by atoms with van der Waals surface area (Å²) in [6.07, 6.45) is 2.38. The van der Waals surface area contributed by atoms with Crippen molar-refractivity contribution in [2.75, 3.05) is 0 Å².